The number of nitrogens with zero attached hydrogens (tertiary/aromatic N) is 3. The lowest BCUT2D eigenvalue weighted by molar-refractivity contribution is 0.231. The van der Waals surface area contributed by atoms with Crippen molar-refractivity contribution >= 4 is 6.03 Å². The van der Waals surface area contributed by atoms with Gasteiger partial charge in [0.25, 0.3) is 0 Å². The normalized spacial score (nSPS) is 33.1. The molecule has 2 unspecified atom stereocenters. The highest BCUT2D eigenvalue weighted by molar-refractivity contribution is 5.78. The lowest BCUT2D eigenvalue weighted by Crippen LogP contribution is -2.35. The summed E-state index contributed by atoms with van der Waals surface area (Å²) in [5.41, 5.74) is 0. The van der Waals surface area contributed by atoms with E-state index in [1.807, 2.05) is 6.19 Å². The molecule has 0 spiro atoms. The van der Waals surface area contributed by atoms with Crippen LogP contribution in [0.25, 0.3) is 0 Å². The number of carbonyl (C=O) groups is 1. The van der Waals surface area contributed by atoms with Crippen LogP contribution in [0, 0.1) is 17.4 Å². The van der Waals surface area contributed by atoms with E-state index in [1.165, 1.54) is 4.90 Å². The maximum absolute atomic E-state index is 11.2. The summed E-state index contributed by atoms with van der Waals surface area (Å²) in [7, 11) is 2.08. The van der Waals surface area contributed by atoms with E-state index in [4.69, 9.17) is 5.26 Å². The predicted octanol–water partition coefficient (Wildman–Crippen LogP) is -0.187. The molecule has 1 N–H and O–H groups in total. The summed E-state index contributed by atoms with van der Waals surface area (Å²) in [5.74, 6) is 0.502. The van der Waals surface area contributed by atoms with Gasteiger partial charge in [-0.2, -0.15) is 5.26 Å². The van der Waals surface area contributed by atoms with Crippen LogP contribution in [0.3, 0.4) is 0 Å². The Morgan fingerprint density at radius 2 is 2.36 bits per heavy atom. The zero-order chi connectivity index (χ0) is 10.1. The van der Waals surface area contributed by atoms with Gasteiger partial charge in [0.2, 0.25) is 0 Å². The lowest BCUT2D eigenvalue weighted by atomic mass is 10.00. The van der Waals surface area contributed by atoms with Crippen LogP contribution in [0.5, 0.6) is 0 Å². The van der Waals surface area contributed by atoms with Gasteiger partial charge in [0.05, 0.1) is 12.6 Å². The first-order valence-corrected chi connectivity index (χ1v) is 4.87. The Balaban J connectivity index is 1.96. The fraction of sp³-hybridized carbons (Fsp3) is 0.778. The molecule has 0 aromatic carbocycles. The van der Waals surface area contributed by atoms with Gasteiger partial charge in [0.1, 0.15) is 0 Å². The second-order valence-corrected chi connectivity index (χ2v) is 4.08. The Bertz CT molecular complexity index is 285. The summed E-state index contributed by atoms with van der Waals surface area (Å²) in [6.45, 7) is 2.64. The summed E-state index contributed by atoms with van der Waals surface area (Å²) in [4.78, 5) is 14.7. The molecule has 5 nitrogen and oxygen atoms in total. The molecule has 2 aliphatic rings. The fourth-order valence-electron chi connectivity index (χ4n) is 2.21. The molecule has 76 valence electrons. The van der Waals surface area contributed by atoms with Crippen LogP contribution in [-0.4, -0.2) is 48.6 Å². The standard InChI is InChI=1S/C9H14N4O/c1-12-3-2-7(4-12)8-5-13(6-10)9(14)11-8/h7-8H,2-5H2,1H3,(H,11,14). The molecule has 2 fully saturated rings. The summed E-state index contributed by atoms with van der Waals surface area (Å²) < 4.78 is 0. The van der Waals surface area contributed by atoms with Gasteiger partial charge < -0.3 is 10.2 Å². The molecule has 0 aromatic heterocycles. The molecule has 2 saturated heterocycles. The molecule has 0 saturated carbocycles. The van der Waals surface area contributed by atoms with Crippen LogP contribution in [-0.2, 0) is 0 Å². The number of nitrogens with one attached hydrogen (secondary N) is 1. The van der Waals surface area contributed by atoms with Crippen LogP contribution in [0.2, 0.25) is 0 Å². The number of likely N-dealkylation sites (tertiary alicyclic amines) is 1. The van der Waals surface area contributed by atoms with Crippen molar-refractivity contribution in [2.45, 2.75) is 12.5 Å². The molecular weight excluding hydrogens is 180 g/mol. The summed E-state index contributed by atoms with van der Waals surface area (Å²) in [5, 5.41) is 11.5. The summed E-state index contributed by atoms with van der Waals surface area (Å²) >= 11 is 0. The molecule has 14 heavy (non-hydrogen) atoms. The number of hydrogen-bond acceptors (Lipinski definition) is 3. The zero-order valence-corrected chi connectivity index (χ0v) is 8.23. The highest BCUT2D eigenvalue weighted by Gasteiger charge is 2.36. The Labute approximate surface area is 83.3 Å². The van der Waals surface area contributed by atoms with Gasteiger partial charge in [-0.3, -0.25) is 0 Å². The Morgan fingerprint density at radius 3 is 2.86 bits per heavy atom. The minimum Gasteiger partial charge on any atom is -0.332 e. The van der Waals surface area contributed by atoms with Crippen molar-refractivity contribution in [3.05, 3.63) is 0 Å². The Hall–Kier alpha value is -1.28. The molecule has 0 aromatic rings. The van der Waals surface area contributed by atoms with Crippen molar-refractivity contribution in [2.24, 2.45) is 5.92 Å². The summed E-state index contributed by atoms with van der Waals surface area (Å²) in [6, 6.07) is -0.0841. The predicted molar refractivity (Wildman–Crippen MR) is 50.2 cm³/mol. The third kappa shape index (κ3) is 1.53. The number of hydrogen-bond donors (Lipinski definition) is 1. The maximum atomic E-state index is 11.2. The van der Waals surface area contributed by atoms with Crippen LogP contribution in [0.15, 0.2) is 0 Å². The molecule has 5 heteroatoms. The van der Waals surface area contributed by atoms with Crippen molar-refractivity contribution in [1.82, 2.24) is 15.1 Å². The number of rotatable bonds is 1. The van der Waals surface area contributed by atoms with Gasteiger partial charge in [0.15, 0.2) is 6.19 Å². The number of nitriles is 1. The number of urea groups is 1. The molecular formula is C9H14N4O. The second kappa shape index (κ2) is 3.46. The molecule has 2 atom stereocenters. The van der Waals surface area contributed by atoms with Crippen molar-refractivity contribution in [3.63, 3.8) is 0 Å². The lowest BCUT2D eigenvalue weighted by Gasteiger charge is -2.16. The first-order valence-electron chi connectivity index (χ1n) is 4.87. The highest BCUT2D eigenvalue weighted by atomic mass is 16.2. The van der Waals surface area contributed by atoms with E-state index in [1.54, 1.807) is 0 Å². The molecule has 2 amide bonds. The molecule has 0 radical (unpaired) electrons. The number of amides is 2. The monoisotopic (exact) mass is 194 g/mol. The van der Waals surface area contributed by atoms with E-state index < -0.39 is 0 Å². The van der Waals surface area contributed by atoms with Gasteiger partial charge in [-0.25, -0.2) is 9.69 Å². The topological polar surface area (TPSA) is 59.4 Å². The van der Waals surface area contributed by atoms with E-state index in [9.17, 15) is 4.79 Å². The van der Waals surface area contributed by atoms with Gasteiger partial charge >= 0.3 is 6.03 Å². The third-order valence-electron chi connectivity index (χ3n) is 3.05. The first kappa shape index (κ1) is 9.28. The van der Waals surface area contributed by atoms with E-state index in [-0.39, 0.29) is 12.1 Å². The second-order valence-electron chi connectivity index (χ2n) is 4.08. The molecule has 2 heterocycles. The van der Waals surface area contributed by atoms with E-state index in [0.29, 0.717) is 12.5 Å². The Morgan fingerprint density at radius 1 is 1.57 bits per heavy atom. The van der Waals surface area contributed by atoms with Crippen molar-refractivity contribution in [3.8, 4) is 6.19 Å². The SMILES string of the molecule is CN1CCC(C2CN(C#N)C(=O)N2)C1. The third-order valence-corrected chi connectivity index (χ3v) is 3.05. The fourth-order valence-corrected chi connectivity index (χ4v) is 2.21. The van der Waals surface area contributed by atoms with Gasteiger partial charge in [-0.15, -0.1) is 0 Å². The summed E-state index contributed by atoms with van der Waals surface area (Å²) in [6.07, 6.45) is 3.00. The van der Waals surface area contributed by atoms with E-state index in [0.717, 1.165) is 19.5 Å². The quantitative estimate of drug-likeness (QED) is 0.589. The van der Waals surface area contributed by atoms with Gasteiger partial charge in [0, 0.05) is 6.54 Å². The maximum Gasteiger partial charge on any atom is 0.330 e. The molecule has 2 aliphatic heterocycles. The number of carbonyl (C=O) groups excluding carboxylic acids is 1. The Kier molecular flexibility index (Phi) is 2.30. The van der Waals surface area contributed by atoms with Crippen LogP contribution >= 0.6 is 0 Å². The average Bonchev–Trinajstić information content (AvgIpc) is 2.71. The average molecular weight is 194 g/mol. The van der Waals surface area contributed by atoms with Crippen LogP contribution < -0.4 is 5.32 Å². The molecule has 0 aliphatic carbocycles. The van der Waals surface area contributed by atoms with Crippen LogP contribution in [0.1, 0.15) is 6.42 Å². The van der Waals surface area contributed by atoms with E-state index in [2.05, 4.69) is 17.3 Å². The smallest absolute Gasteiger partial charge is 0.330 e. The highest BCUT2D eigenvalue weighted by Crippen LogP contribution is 2.21. The van der Waals surface area contributed by atoms with Gasteiger partial charge in [-0.1, -0.05) is 0 Å². The van der Waals surface area contributed by atoms with Crippen molar-refractivity contribution in [1.29, 1.82) is 5.26 Å². The van der Waals surface area contributed by atoms with Gasteiger partial charge in [-0.05, 0) is 25.9 Å². The largest absolute Gasteiger partial charge is 0.332 e. The zero-order valence-electron chi connectivity index (χ0n) is 8.23. The van der Waals surface area contributed by atoms with E-state index >= 15 is 0 Å². The van der Waals surface area contributed by atoms with Crippen molar-refractivity contribution in [2.75, 3.05) is 26.7 Å². The minimum atomic E-state index is -0.243. The molecule has 0 bridgehead atoms. The van der Waals surface area contributed by atoms with Crippen molar-refractivity contribution < 1.29 is 4.79 Å². The van der Waals surface area contributed by atoms with Crippen LogP contribution in [0.4, 0.5) is 4.79 Å². The first-order chi connectivity index (χ1) is 6.70. The molecule has 2 rings (SSSR count). The minimum absolute atomic E-state index is 0.159.